The Labute approximate surface area is 190 Å². The Morgan fingerprint density at radius 2 is 1.73 bits per heavy atom. The first-order valence-corrected chi connectivity index (χ1v) is 11.3. The number of amides is 1. The SMILES string of the molecule is O=C(CCc1nc2ccccc2[nH]1)N1CCc2c([nH]c3ccccc23)[C@@H]1c1ccccc1F. The van der Waals surface area contributed by atoms with Crippen LogP contribution in [0.5, 0.6) is 0 Å². The molecule has 33 heavy (non-hydrogen) atoms. The summed E-state index contributed by atoms with van der Waals surface area (Å²) >= 11 is 0. The van der Waals surface area contributed by atoms with Crippen LogP contribution in [0.2, 0.25) is 0 Å². The number of nitrogens with one attached hydrogen (secondary N) is 2. The standard InChI is InChI=1S/C27H23FN4O/c28-20-9-3-1-8-19(20)27-26-18(17-7-2-4-10-21(17)31-26)15-16-32(27)25(33)14-13-24-29-22-11-5-6-12-23(22)30-24/h1-12,27,31H,13-16H2,(H,29,30)/t27-/m0/s1. The number of aromatic amines is 2. The topological polar surface area (TPSA) is 64.8 Å². The molecule has 3 aromatic carbocycles. The van der Waals surface area contributed by atoms with E-state index in [0.29, 0.717) is 24.9 Å². The molecule has 5 aromatic rings. The van der Waals surface area contributed by atoms with E-state index in [-0.39, 0.29) is 11.7 Å². The number of hydrogen-bond donors (Lipinski definition) is 2. The smallest absolute Gasteiger partial charge is 0.223 e. The molecular weight excluding hydrogens is 415 g/mol. The number of carbonyl (C=O) groups excluding carboxylic acids is 1. The van der Waals surface area contributed by atoms with Gasteiger partial charge in [0.25, 0.3) is 0 Å². The van der Waals surface area contributed by atoms with Crippen molar-refractivity contribution >= 4 is 27.8 Å². The summed E-state index contributed by atoms with van der Waals surface area (Å²) in [7, 11) is 0. The second kappa shape index (κ2) is 7.89. The number of carbonyl (C=O) groups is 1. The van der Waals surface area contributed by atoms with Crippen molar-refractivity contribution in [2.75, 3.05) is 6.54 Å². The zero-order chi connectivity index (χ0) is 22.4. The van der Waals surface area contributed by atoms with Crippen LogP contribution >= 0.6 is 0 Å². The van der Waals surface area contributed by atoms with Crippen LogP contribution in [0, 0.1) is 5.82 Å². The molecule has 5 nitrogen and oxygen atoms in total. The van der Waals surface area contributed by atoms with Gasteiger partial charge >= 0.3 is 0 Å². The number of hydrogen-bond acceptors (Lipinski definition) is 2. The molecule has 1 aliphatic rings. The highest BCUT2D eigenvalue weighted by atomic mass is 19.1. The van der Waals surface area contributed by atoms with Crippen LogP contribution in [0.25, 0.3) is 21.9 Å². The van der Waals surface area contributed by atoms with E-state index in [9.17, 15) is 9.18 Å². The van der Waals surface area contributed by atoms with E-state index in [1.54, 1.807) is 12.1 Å². The summed E-state index contributed by atoms with van der Waals surface area (Å²) in [4.78, 5) is 26.6. The summed E-state index contributed by atoms with van der Waals surface area (Å²) in [6.45, 7) is 0.548. The van der Waals surface area contributed by atoms with Gasteiger partial charge in [-0.1, -0.05) is 48.5 Å². The summed E-state index contributed by atoms with van der Waals surface area (Å²) in [5, 5.41) is 1.14. The maximum atomic E-state index is 15.0. The second-order valence-corrected chi connectivity index (χ2v) is 8.52. The Bertz CT molecular complexity index is 1450. The van der Waals surface area contributed by atoms with Gasteiger partial charge in [-0.15, -0.1) is 0 Å². The third-order valence-electron chi connectivity index (χ3n) is 6.57. The highest BCUT2D eigenvalue weighted by molar-refractivity contribution is 5.86. The van der Waals surface area contributed by atoms with Crippen molar-refractivity contribution in [2.24, 2.45) is 0 Å². The van der Waals surface area contributed by atoms with Gasteiger partial charge in [0.05, 0.1) is 11.0 Å². The lowest BCUT2D eigenvalue weighted by atomic mass is 9.91. The van der Waals surface area contributed by atoms with Crippen LogP contribution in [-0.4, -0.2) is 32.3 Å². The summed E-state index contributed by atoms with van der Waals surface area (Å²) < 4.78 is 15.0. The molecule has 0 saturated heterocycles. The minimum atomic E-state index is -0.481. The molecule has 2 aromatic heterocycles. The number of H-pyrrole nitrogens is 2. The van der Waals surface area contributed by atoms with Gasteiger partial charge in [-0.2, -0.15) is 0 Å². The number of halogens is 1. The van der Waals surface area contributed by atoms with Crippen molar-refractivity contribution in [1.82, 2.24) is 19.9 Å². The molecule has 0 aliphatic carbocycles. The van der Waals surface area contributed by atoms with E-state index in [4.69, 9.17) is 0 Å². The van der Waals surface area contributed by atoms with Crippen molar-refractivity contribution in [3.05, 3.63) is 101 Å². The summed E-state index contributed by atoms with van der Waals surface area (Å²) in [6.07, 6.45) is 1.55. The van der Waals surface area contributed by atoms with Crippen molar-refractivity contribution in [3.8, 4) is 0 Å². The van der Waals surface area contributed by atoms with E-state index in [0.717, 1.165) is 39.9 Å². The van der Waals surface area contributed by atoms with Gasteiger partial charge in [-0.25, -0.2) is 9.37 Å². The Kier molecular flexibility index (Phi) is 4.72. The normalized spacial score (nSPS) is 15.8. The number of fused-ring (bicyclic) bond motifs is 4. The second-order valence-electron chi connectivity index (χ2n) is 8.52. The van der Waals surface area contributed by atoms with Crippen LogP contribution in [0.1, 0.15) is 35.1 Å². The van der Waals surface area contributed by atoms with Crippen molar-refractivity contribution in [3.63, 3.8) is 0 Å². The lowest BCUT2D eigenvalue weighted by Gasteiger charge is -2.36. The summed E-state index contributed by atoms with van der Waals surface area (Å²) in [5.41, 5.74) is 5.46. The number of aromatic nitrogens is 3. The minimum Gasteiger partial charge on any atom is -0.356 e. The predicted molar refractivity (Wildman–Crippen MR) is 126 cm³/mol. The molecule has 6 rings (SSSR count). The predicted octanol–water partition coefficient (Wildman–Crippen LogP) is 5.29. The first-order chi connectivity index (χ1) is 16.2. The molecule has 0 bridgehead atoms. The number of benzene rings is 3. The monoisotopic (exact) mass is 438 g/mol. The Morgan fingerprint density at radius 1 is 0.970 bits per heavy atom. The lowest BCUT2D eigenvalue weighted by molar-refractivity contribution is -0.133. The molecule has 164 valence electrons. The van der Waals surface area contributed by atoms with Gasteiger partial charge in [0.1, 0.15) is 17.7 Å². The number of rotatable bonds is 4. The van der Waals surface area contributed by atoms with Crippen molar-refractivity contribution < 1.29 is 9.18 Å². The van der Waals surface area contributed by atoms with E-state index in [1.807, 2.05) is 53.4 Å². The Balaban J connectivity index is 1.34. The van der Waals surface area contributed by atoms with E-state index < -0.39 is 6.04 Å². The quantitative estimate of drug-likeness (QED) is 0.400. The molecule has 1 aliphatic heterocycles. The summed E-state index contributed by atoms with van der Waals surface area (Å²) in [6, 6.07) is 22.2. The fourth-order valence-corrected chi connectivity index (χ4v) is 5.02. The largest absolute Gasteiger partial charge is 0.356 e. The molecule has 0 saturated carbocycles. The van der Waals surface area contributed by atoms with Crippen molar-refractivity contribution in [2.45, 2.75) is 25.3 Å². The van der Waals surface area contributed by atoms with Gasteiger partial charge < -0.3 is 14.9 Å². The fraction of sp³-hybridized carbons (Fsp3) is 0.185. The zero-order valence-corrected chi connectivity index (χ0v) is 18.0. The lowest BCUT2D eigenvalue weighted by Crippen LogP contribution is -2.41. The third-order valence-corrected chi connectivity index (χ3v) is 6.57. The van der Waals surface area contributed by atoms with Crippen LogP contribution in [0.3, 0.4) is 0 Å². The minimum absolute atomic E-state index is 0.00647. The Hall–Kier alpha value is -3.93. The van der Waals surface area contributed by atoms with Crippen LogP contribution < -0.4 is 0 Å². The van der Waals surface area contributed by atoms with Crippen LogP contribution in [0.15, 0.2) is 72.8 Å². The molecular formula is C27H23FN4O. The fourth-order valence-electron chi connectivity index (χ4n) is 5.02. The highest BCUT2D eigenvalue weighted by Gasteiger charge is 2.35. The average Bonchev–Trinajstić information content (AvgIpc) is 3.43. The summed E-state index contributed by atoms with van der Waals surface area (Å²) in [5.74, 6) is 0.479. The van der Waals surface area contributed by atoms with Gasteiger partial charge in [0, 0.05) is 41.5 Å². The number of para-hydroxylation sites is 3. The first-order valence-electron chi connectivity index (χ1n) is 11.3. The number of aryl methyl sites for hydroxylation is 1. The molecule has 2 N–H and O–H groups in total. The van der Waals surface area contributed by atoms with E-state index in [2.05, 4.69) is 21.0 Å². The molecule has 0 radical (unpaired) electrons. The maximum absolute atomic E-state index is 15.0. The first kappa shape index (κ1) is 19.7. The molecule has 6 heteroatoms. The highest BCUT2D eigenvalue weighted by Crippen LogP contribution is 2.39. The van der Waals surface area contributed by atoms with Gasteiger partial charge in [0.15, 0.2) is 0 Å². The molecule has 0 unspecified atom stereocenters. The van der Waals surface area contributed by atoms with E-state index >= 15 is 0 Å². The van der Waals surface area contributed by atoms with Crippen molar-refractivity contribution in [1.29, 1.82) is 0 Å². The maximum Gasteiger partial charge on any atom is 0.223 e. The average molecular weight is 439 g/mol. The third kappa shape index (κ3) is 3.39. The van der Waals surface area contributed by atoms with Crippen LogP contribution in [0.4, 0.5) is 4.39 Å². The van der Waals surface area contributed by atoms with E-state index in [1.165, 1.54) is 11.6 Å². The van der Waals surface area contributed by atoms with Gasteiger partial charge in [-0.3, -0.25) is 4.79 Å². The molecule has 1 amide bonds. The van der Waals surface area contributed by atoms with Gasteiger partial charge in [-0.05, 0) is 36.2 Å². The Morgan fingerprint density at radius 3 is 2.58 bits per heavy atom. The van der Waals surface area contributed by atoms with Gasteiger partial charge in [0.2, 0.25) is 5.91 Å². The number of nitrogens with zero attached hydrogens (tertiary/aromatic N) is 2. The molecule has 1 atom stereocenters. The number of imidazole rings is 1. The molecule has 0 fully saturated rings. The zero-order valence-electron chi connectivity index (χ0n) is 18.0. The molecule has 0 spiro atoms. The molecule has 3 heterocycles. The van der Waals surface area contributed by atoms with Crippen LogP contribution in [-0.2, 0) is 17.6 Å².